The molecular weight excluding hydrogens is 382 g/mol. The van der Waals surface area contributed by atoms with Crippen molar-refractivity contribution in [1.82, 2.24) is 0 Å². The van der Waals surface area contributed by atoms with Gasteiger partial charge in [-0.25, -0.2) is 0 Å². The Labute approximate surface area is 166 Å². The monoisotopic (exact) mass is 410 g/mol. The summed E-state index contributed by atoms with van der Waals surface area (Å²) in [6, 6.07) is 20.5. The van der Waals surface area contributed by atoms with Crippen molar-refractivity contribution < 1.29 is 17.3 Å². The van der Waals surface area contributed by atoms with E-state index in [0.29, 0.717) is 0 Å². The van der Waals surface area contributed by atoms with Crippen molar-refractivity contribution in [3.05, 3.63) is 54.6 Å². The van der Waals surface area contributed by atoms with Crippen molar-refractivity contribution in [3.63, 3.8) is 0 Å². The van der Waals surface area contributed by atoms with Crippen molar-refractivity contribution >= 4 is 20.5 Å². The quantitative estimate of drug-likeness (QED) is 0.280. The lowest BCUT2D eigenvalue weighted by Crippen LogP contribution is -2.19. The summed E-state index contributed by atoms with van der Waals surface area (Å²) in [7, 11) is -6.41. The minimum absolute atomic E-state index is 0.407. The third kappa shape index (κ3) is 6.34. The lowest BCUT2D eigenvalue weighted by Gasteiger charge is -2.23. The summed E-state index contributed by atoms with van der Waals surface area (Å²) < 4.78 is 39.0. The second kappa shape index (κ2) is 9.92. The Hall–Kier alpha value is -1.35. The summed E-state index contributed by atoms with van der Waals surface area (Å²) in [6.45, 7) is 0. The van der Waals surface area contributed by atoms with E-state index in [1.54, 1.807) is 5.30 Å². The molecule has 0 aliphatic heterocycles. The first kappa shape index (κ1) is 21.4. The van der Waals surface area contributed by atoms with Crippen LogP contribution < -0.4 is 5.30 Å². The summed E-state index contributed by atoms with van der Waals surface area (Å²) in [5.74, 6) is 0. The standard InChI is InChI=1S/C22H27P.BF4/c1-2-9-18(10-3-1)19-11-8-16-22(17-19)23(20-12-4-5-13-20)21-14-6-7-15-21;2-1(3,4)5/h1-3,8-11,16-17,20-21H,4-7,12-15H2;/q;-1/p+1. The second-order valence-corrected chi connectivity index (χ2v) is 11.0. The molecule has 0 radical (unpaired) electrons. The second-order valence-electron chi connectivity index (χ2n) is 7.86. The molecule has 0 aromatic heterocycles. The average molecular weight is 410 g/mol. The van der Waals surface area contributed by atoms with Crippen molar-refractivity contribution in [2.75, 3.05) is 0 Å². The highest BCUT2D eigenvalue weighted by Gasteiger charge is 2.40. The Kier molecular flexibility index (Phi) is 7.57. The predicted molar refractivity (Wildman–Crippen MR) is 115 cm³/mol. The summed E-state index contributed by atoms with van der Waals surface area (Å²) in [4.78, 5) is 0. The molecule has 2 saturated carbocycles. The van der Waals surface area contributed by atoms with Crippen molar-refractivity contribution in [2.45, 2.75) is 62.7 Å². The average Bonchev–Trinajstić information content (AvgIpc) is 3.37. The van der Waals surface area contributed by atoms with Gasteiger partial charge in [-0.3, -0.25) is 0 Å². The molecule has 0 heterocycles. The molecule has 0 atom stereocenters. The number of hydrogen-bond acceptors (Lipinski definition) is 0. The molecule has 0 nitrogen and oxygen atoms in total. The molecule has 2 aliphatic carbocycles. The van der Waals surface area contributed by atoms with Crippen LogP contribution in [0.1, 0.15) is 51.4 Å². The van der Waals surface area contributed by atoms with Crippen molar-refractivity contribution in [2.24, 2.45) is 0 Å². The molecule has 2 aromatic carbocycles. The van der Waals surface area contributed by atoms with E-state index in [4.69, 9.17) is 0 Å². The summed E-state index contributed by atoms with van der Waals surface area (Å²) in [5, 5.41) is 1.72. The van der Waals surface area contributed by atoms with Gasteiger partial charge in [-0.2, -0.15) is 0 Å². The van der Waals surface area contributed by atoms with Gasteiger partial charge in [0.05, 0.1) is 16.6 Å². The van der Waals surface area contributed by atoms with E-state index in [9.17, 15) is 17.3 Å². The Bertz CT molecular complexity index is 701. The molecule has 2 aromatic rings. The molecule has 0 N–H and O–H groups in total. The molecule has 0 bridgehead atoms. The van der Waals surface area contributed by atoms with E-state index in [1.807, 2.05) is 0 Å². The van der Waals surface area contributed by atoms with E-state index in [0.717, 1.165) is 11.3 Å². The van der Waals surface area contributed by atoms with E-state index < -0.39 is 15.2 Å². The van der Waals surface area contributed by atoms with Crippen LogP contribution in [0.3, 0.4) is 0 Å². The predicted octanol–water partition coefficient (Wildman–Crippen LogP) is 7.38. The lowest BCUT2D eigenvalue weighted by molar-refractivity contribution is 0.368. The molecule has 0 unspecified atom stereocenters. The SMILES string of the molecule is F[B-](F)(F)F.c1ccc(-c2cccc([PH+](C3CCCC3)C3CCCC3)c2)cc1. The minimum atomic E-state index is -6.00. The molecule has 0 saturated heterocycles. The molecule has 2 fully saturated rings. The minimum Gasteiger partial charge on any atom is -0.418 e. The van der Waals surface area contributed by atoms with Gasteiger partial charge in [0.25, 0.3) is 0 Å². The van der Waals surface area contributed by atoms with Crippen molar-refractivity contribution in [1.29, 1.82) is 0 Å². The fourth-order valence-corrected chi connectivity index (χ4v) is 9.07. The number of hydrogen-bond donors (Lipinski definition) is 0. The van der Waals surface area contributed by atoms with E-state index in [1.165, 1.54) is 62.5 Å². The Morgan fingerprint density at radius 3 is 1.61 bits per heavy atom. The lowest BCUT2D eigenvalue weighted by atomic mass is 10.1. The van der Waals surface area contributed by atoms with E-state index in [-0.39, 0.29) is 0 Å². The fraction of sp³-hybridized carbons (Fsp3) is 0.455. The van der Waals surface area contributed by atoms with Gasteiger partial charge in [0.15, 0.2) is 0 Å². The highest BCUT2D eigenvalue weighted by molar-refractivity contribution is 7.67. The van der Waals surface area contributed by atoms with Gasteiger partial charge in [0.1, 0.15) is 0 Å². The van der Waals surface area contributed by atoms with Crippen LogP contribution in [0.2, 0.25) is 0 Å². The fourth-order valence-electron chi connectivity index (χ4n) is 4.79. The molecule has 4 rings (SSSR count). The number of halogens is 4. The summed E-state index contributed by atoms with van der Waals surface area (Å²) >= 11 is 0. The highest BCUT2D eigenvalue weighted by Crippen LogP contribution is 2.56. The molecule has 28 heavy (non-hydrogen) atoms. The molecule has 6 heteroatoms. The maximum atomic E-state index is 9.75. The van der Waals surface area contributed by atoms with Gasteiger partial charge in [0, 0.05) is 7.92 Å². The Balaban J connectivity index is 0.000000403. The zero-order chi connectivity index (χ0) is 20.0. The topological polar surface area (TPSA) is 0 Å². The van der Waals surface area contributed by atoms with E-state index in [2.05, 4.69) is 54.6 Å². The van der Waals surface area contributed by atoms with Crippen LogP contribution in [0, 0.1) is 0 Å². The smallest absolute Gasteiger partial charge is 0.418 e. The first-order valence-electron chi connectivity index (χ1n) is 10.3. The van der Waals surface area contributed by atoms with E-state index >= 15 is 0 Å². The van der Waals surface area contributed by atoms with Crippen molar-refractivity contribution in [3.8, 4) is 11.1 Å². The first-order valence-corrected chi connectivity index (χ1v) is 12.0. The molecule has 0 spiro atoms. The maximum Gasteiger partial charge on any atom is 0.673 e. The largest absolute Gasteiger partial charge is 0.673 e. The van der Waals surface area contributed by atoms with Crippen LogP contribution in [0.15, 0.2) is 54.6 Å². The van der Waals surface area contributed by atoms with Crippen LogP contribution in [-0.2, 0) is 0 Å². The molecule has 2 aliphatic rings. The summed E-state index contributed by atoms with van der Waals surface area (Å²) in [5.41, 5.74) is 4.86. The summed E-state index contributed by atoms with van der Waals surface area (Å²) in [6.07, 6.45) is 11.9. The zero-order valence-electron chi connectivity index (χ0n) is 16.1. The van der Waals surface area contributed by atoms with Gasteiger partial charge >= 0.3 is 7.25 Å². The number of rotatable bonds is 4. The van der Waals surface area contributed by atoms with Gasteiger partial charge in [0.2, 0.25) is 0 Å². The third-order valence-electron chi connectivity index (χ3n) is 5.89. The first-order chi connectivity index (χ1) is 13.4. The van der Waals surface area contributed by atoms with Crippen LogP contribution in [0.25, 0.3) is 11.1 Å². The van der Waals surface area contributed by atoms with Crippen LogP contribution in [0.4, 0.5) is 17.3 Å². The zero-order valence-corrected chi connectivity index (χ0v) is 17.1. The van der Waals surface area contributed by atoms with Crippen LogP contribution in [-0.4, -0.2) is 18.6 Å². The maximum absolute atomic E-state index is 9.75. The number of benzene rings is 2. The normalized spacial score (nSPS) is 18.3. The Morgan fingerprint density at radius 2 is 1.11 bits per heavy atom. The molecule has 152 valence electrons. The van der Waals surface area contributed by atoms with Gasteiger partial charge in [-0.05, 0) is 74.6 Å². The molecule has 0 amide bonds. The van der Waals surface area contributed by atoms with Crippen LogP contribution in [0.5, 0.6) is 0 Å². The van der Waals surface area contributed by atoms with Gasteiger partial charge in [-0.1, -0.05) is 42.5 Å². The Morgan fingerprint density at radius 1 is 0.643 bits per heavy atom. The third-order valence-corrected chi connectivity index (χ3v) is 9.78. The highest BCUT2D eigenvalue weighted by atomic mass is 31.1. The van der Waals surface area contributed by atoms with Crippen LogP contribution >= 0.6 is 7.92 Å². The molecular formula is C22H28BF4P. The van der Waals surface area contributed by atoms with Gasteiger partial charge < -0.3 is 17.3 Å². The van der Waals surface area contributed by atoms with Gasteiger partial charge in [-0.15, -0.1) is 0 Å².